The number of rotatable bonds is 4. The fourth-order valence-corrected chi connectivity index (χ4v) is 3.28. The molecular weight excluding hydrogens is 356 g/mol. The van der Waals surface area contributed by atoms with E-state index in [1.165, 1.54) is 0 Å². The molecule has 1 aromatic rings. The number of benzene rings is 1. The Balaban J connectivity index is 2.21. The maximum Gasteiger partial charge on any atom is 0.431 e. The van der Waals surface area contributed by atoms with Crippen LogP contribution in [0.2, 0.25) is 0 Å². The van der Waals surface area contributed by atoms with Gasteiger partial charge in [0.25, 0.3) is 0 Å². The Bertz CT molecular complexity index is 807. The molecule has 27 heavy (non-hydrogen) atoms. The van der Waals surface area contributed by atoms with Crippen LogP contribution in [0.5, 0.6) is 5.75 Å². The lowest BCUT2D eigenvalue weighted by molar-refractivity contribution is -0.154. The van der Waals surface area contributed by atoms with E-state index in [0.29, 0.717) is 5.56 Å². The molecule has 2 atom stereocenters. The fraction of sp³-hybridized carbons (Fsp3) is 0.444. The summed E-state index contributed by atoms with van der Waals surface area (Å²) in [6, 6.07) is 5.19. The number of ether oxygens (including phenoxy) is 4. The highest BCUT2D eigenvalue weighted by Gasteiger charge is 2.69. The van der Waals surface area contributed by atoms with Crippen LogP contribution in [0, 0.1) is 0 Å². The van der Waals surface area contributed by atoms with Crippen molar-refractivity contribution in [3.63, 3.8) is 0 Å². The number of hydrogen-bond acceptors (Lipinski definition) is 8. The first-order chi connectivity index (χ1) is 13.0. The molecule has 1 amide bonds. The van der Waals surface area contributed by atoms with Gasteiger partial charge in [0.05, 0.1) is 19.8 Å². The summed E-state index contributed by atoms with van der Waals surface area (Å²) in [6.45, 7) is 5.24. The zero-order valence-corrected chi connectivity index (χ0v) is 15.3. The third kappa shape index (κ3) is 2.70. The highest BCUT2D eigenvalue weighted by molar-refractivity contribution is 6.18. The Kier molecular flexibility index (Phi) is 5.02. The van der Waals surface area contributed by atoms with E-state index < -0.39 is 29.5 Å². The maximum atomic E-state index is 13.0. The van der Waals surface area contributed by atoms with Crippen LogP contribution < -0.4 is 4.74 Å². The minimum Gasteiger partial charge on any atom is -0.479 e. The molecule has 0 fully saturated rings. The van der Waals surface area contributed by atoms with Gasteiger partial charge in [0, 0.05) is 5.56 Å². The van der Waals surface area contributed by atoms with Gasteiger partial charge >= 0.3 is 18.0 Å². The highest BCUT2D eigenvalue weighted by Crippen LogP contribution is 2.48. The average Bonchev–Trinajstić information content (AvgIpc) is 3.13. The lowest BCUT2D eigenvalue weighted by Crippen LogP contribution is -2.57. The number of hydrazone groups is 1. The zero-order chi connectivity index (χ0) is 19.6. The number of carbonyl (C=O) groups is 3. The van der Waals surface area contributed by atoms with Gasteiger partial charge in [0.15, 0.2) is 6.04 Å². The van der Waals surface area contributed by atoms with E-state index in [-0.39, 0.29) is 31.5 Å². The summed E-state index contributed by atoms with van der Waals surface area (Å²) in [6.07, 6.45) is -0.887. The van der Waals surface area contributed by atoms with Crippen molar-refractivity contribution in [1.82, 2.24) is 5.01 Å². The summed E-state index contributed by atoms with van der Waals surface area (Å²) in [5.41, 5.74) is -1.36. The maximum absolute atomic E-state index is 13.0. The van der Waals surface area contributed by atoms with Crippen LogP contribution in [0.3, 0.4) is 0 Å². The number of amides is 1. The number of esters is 2. The van der Waals surface area contributed by atoms with Crippen LogP contribution in [0.15, 0.2) is 29.4 Å². The van der Waals surface area contributed by atoms with Crippen molar-refractivity contribution < 1.29 is 33.3 Å². The summed E-state index contributed by atoms with van der Waals surface area (Å²) < 4.78 is 21.1. The number of carbonyl (C=O) groups excluding carboxylic acids is 3. The van der Waals surface area contributed by atoms with Gasteiger partial charge in [-0.2, -0.15) is 5.01 Å². The first kappa shape index (κ1) is 18.7. The molecule has 9 nitrogen and oxygen atoms in total. The van der Waals surface area contributed by atoms with Gasteiger partial charge in [0.2, 0.25) is 11.3 Å². The van der Waals surface area contributed by atoms with Crippen LogP contribution in [0.25, 0.3) is 0 Å². The first-order valence-corrected chi connectivity index (χ1v) is 8.68. The Labute approximate surface area is 155 Å². The van der Waals surface area contributed by atoms with E-state index in [4.69, 9.17) is 18.9 Å². The van der Waals surface area contributed by atoms with Gasteiger partial charge in [0.1, 0.15) is 5.75 Å². The molecule has 1 unspecified atom stereocenters. The number of para-hydroxylation sites is 1. The molecule has 144 valence electrons. The number of hydrogen-bond donors (Lipinski definition) is 0. The quantitative estimate of drug-likeness (QED) is 0.581. The molecule has 1 spiro atoms. The molecule has 0 saturated heterocycles. The van der Waals surface area contributed by atoms with Gasteiger partial charge in [-0.05, 0) is 26.8 Å². The summed E-state index contributed by atoms with van der Waals surface area (Å²) in [4.78, 5) is 38.3. The Morgan fingerprint density at radius 3 is 2.52 bits per heavy atom. The van der Waals surface area contributed by atoms with Gasteiger partial charge in [-0.3, -0.25) is 0 Å². The lowest BCUT2D eigenvalue weighted by atomic mass is 9.75. The highest BCUT2D eigenvalue weighted by atomic mass is 16.6. The van der Waals surface area contributed by atoms with Crippen molar-refractivity contribution in [2.24, 2.45) is 5.10 Å². The minimum atomic E-state index is -1.74. The van der Waals surface area contributed by atoms with Crippen LogP contribution >= 0.6 is 0 Å². The van der Waals surface area contributed by atoms with Crippen LogP contribution in [-0.4, -0.2) is 54.8 Å². The summed E-state index contributed by atoms with van der Waals surface area (Å²) in [5, 5.41) is 4.92. The molecule has 0 saturated carbocycles. The van der Waals surface area contributed by atoms with Crippen molar-refractivity contribution in [3.8, 4) is 5.75 Å². The van der Waals surface area contributed by atoms with E-state index in [0.717, 1.165) is 5.01 Å². The van der Waals surface area contributed by atoms with E-state index in [2.05, 4.69) is 5.10 Å². The molecule has 2 aliphatic rings. The molecule has 1 aromatic carbocycles. The predicted octanol–water partition coefficient (Wildman–Crippen LogP) is 1.60. The summed E-state index contributed by atoms with van der Waals surface area (Å²) in [5.74, 6) is -1.40. The van der Waals surface area contributed by atoms with E-state index in [1.54, 1.807) is 45.0 Å². The first-order valence-electron chi connectivity index (χ1n) is 8.68. The van der Waals surface area contributed by atoms with Crippen molar-refractivity contribution in [2.75, 3.05) is 19.8 Å². The minimum absolute atomic E-state index is 0.0583. The molecule has 0 aliphatic carbocycles. The van der Waals surface area contributed by atoms with E-state index in [9.17, 15) is 14.4 Å². The second-order valence-corrected chi connectivity index (χ2v) is 5.73. The van der Waals surface area contributed by atoms with Crippen LogP contribution in [0.1, 0.15) is 26.3 Å². The van der Waals surface area contributed by atoms with Gasteiger partial charge in [-0.1, -0.05) is 18.2 Å². The zero-order valence-electron chi connectivity index (χ0n) is 15.3. The topological polar surface area (TPSA) is 104 Å². The van der Waals surface area contributed by atoms with Gasteiger partial charge in [-0.15, -0.1) is 5.10 Å². The predicted molar refractivity (Wildman–Crippen MR) is 92.1 cm³/mol. The van der Waals surface area contributed by atoms with Crippen molar-refractivity contribution >= 4 is 23.9 Å². The smallest absolute Gasteiger partial charge is 0.431 e. The van der Waals surface area contributed by atoms with Crippen molar-refractivity contribution in [2.45, 2.75) is 32.2 Å². The van der Waals surface area contributed by atoms with Crippen molar-refractivity contribution in [1.29, 1.82) is 0 Å². The molecule has 0 radical (unpaired) electrons. The largest absolute Gasteiger partial charge is 0.479 e. The van der Waals surface area contributed by atoms with Crippen molar-refractivity contribution in [3.05, 3.63) is 29.8 Å². The third-order valence-corrected chi connectivity index (χ3v) is 4.27. The van der Waals surface area contributed by atoms with E-state index >= 15 is 0 Å². The lowest BCUT2D eigenvalue weighted by Gasteiger charge is -2.29. The molecule has 2 heterocycles. The van der Waals surface area contributed by atoms with Gasteiger partial charge in [-0.25, -0.2) is 14.4 Å². The SMILES string of the molecule is CCOC(=O)C1N(C(=O)OCC)N=C(OCC)[C@@]12C(=O)Oc1ccccc12. The normalized spacial score (nSPS) is 22.9. The van der Waals surface area contributed by atoms with E-state index in [1.807, 2.05) is 0 Å². The molecule has 0 aromatic heterocycles. The Morgan fingerprint density at radius 1 is 1.15 bits per heavy atom. The summed E-state index contributed by atoms with van der Waals surface area (Å²) >= 11 is 0. The molecule has 0 bridgehead atoms. The standard InChI is InChI=1S/C18H20N2O7/c1-4-24-14(21)13-18(11-9-7-8-10-12(11)27-16(18)22)15(25-5-2)19-20(13)17(23)26-6-3/h7-10,13H,4-6H2,1-3H3/t13?,18-/m0/s1. The number of fused-ring (bicyclic) bond motifs is 2. The van der Waals surface area contributed by atoms with Crippen LogP contribution in [-0.2, 0) is 29.2 Å². The second kappa shape index (κ2) is 7.26. The molecule has 2 aliphatic heterocycles. The second-order valence-electron chi connectivity index (χ2n) is 5.73. The Morgan fingerprint density at radius 2 is 1.85 bits per heavy atom. The molecule has 0 N–H and O–H groups in total. The Hall–Kier alpha value is -3.10. The van der Waals surface area contributed by atoms with Gasteiger partial charge < -0.3 is 18.9 Å². The molecule has 3 rings (SSSR count). The molecular formula is C18H20N2O7. The number of nitrogens with zero attached hydrogens (tertiary/aromatic N) is 2. The average molecular weight is 376 g/mol. The fourth-order valence-electron chi connectivity index (χ4n) is 3.28. The molecule has 9 heteroatoms. The van der Waals surface area contributed by atoms with Crippen LogP contribution in [0.4, 0.5) is 4.79 Å². The third-order valence-electron chi connectivity index (χ3n) is 4.27. The monoisotopic (exact) mass is 376 g/mol. The summed E-state index contributed by atoms with van der Waals surface area (Å²) in [7, 11) is 0.